The van der Waals surface area contributed by atoms with Crippen molar-refractivity contribution in [1.82, 2.24) is 29.9 Å². The molecule has 5 heterocycles. The predicted octanol–water partition coefficient (Wildman–Crippen LogP) is 17.9. The van der Waals surface area contributed by atoms with Crippen LogP contribution < -0.4 is 5.46 Å². The van der Waals surface area contributed by atoms with Gasteiger partial charge in [-0.05, 0) is 88.5 Å². The van der Waals surface area contributed by atoms with E-state index in [4.69, 9.17) is 64.5 Å². The van der Waals surface area contributed by atoms with E-state index in [2.05, 4.69) is 99.9 Å². The molecule has 4 aromatic heterocycles. The van der Waals surface area contributed by atoms with Crippen LogP contribution in [0.3, 0.4) is 0 Å². The molecule has 2 N–H and O–H groups in total. The molecule has 1 aliphatic heterocycles. The van der Waals surface area contributed by atoms with E-state index in [1.807, 2.05) is 121 Å². The van der Waals surface area contributed by atoms with Crippen molar-refractivity contribution in [2.75, 3.05) is 13.2 Å². The summed E-state index contributed by atoms with van der Waals surface area (Å²) in [7, 11) is -1.46. The number of hydrogen-bond acceptors (Lipinski definition) is 11. The van der Waals surface area contributed by atoms with Gasteiger partial charge in [-0.1, -0.05) is 207 Å². The van der Waals surface area contributed by atoms with E-state index in [0.29, 0.717) is 44.6 Å². The lowest BCUT2D eigenvalue weighted by Crippen LogP contribution is -2.30. The fraction of sp³-hybridized carbons (Fsp3) is 0.0746. The zero-order valence-electron chi connectivity index (χ0n) is 43.1. The highest BCUT2D eigenvalue weighted by Gasteiger charge is 2.18. The lowest BCUT2D eigenvalue weighted by atomic mass is 9.77. The fourth-order valence-corrected chi connectivity index (χ4v) is 12.7. The average Bonchev–Trinajstić information content (AvgIpc) is 4.46. The molecule has 0 amide bonds. The molecule has 82 heavy (non-hydrogen) atoms. The Morgan fingerprint density at radius 3 is 1.24 bits per heavy atom. The molecule has 14 aromatic rings. The highest BCUT2D eigenvalue weighted by atomic mass is 35.5. The number of aromatic nitrogens is 6. The van der Waals surface area contributed by atoms with Gasteiger partial charge in [-0.2, -0.15) is 9.97 Å². The van der Waals surface area contributed by atoms with Gasteiger partial charge in [0.2, 0.25) is 5.28 Å². The van der Waals surface area contributed by atoms with Crippen LogP contribution in [0.25, 0.3) is 119 Å². The van der Waals surface area contributed by atoms with E-state index in [1.54, 1.807) is 34.8 Å². The van der Waals surface area contributed by atoms with Gasteiger partial charge < -0.3 is 14.8 Å². The lowest BCUT2D eigenvalue weighted by molar-refractivity contribution is 0.198. The van der Waals surface area contributed by atoms with E-state index in [0.717, 1.165) is 62.6 Å². The maximum atomic E-state index is 9.13. The standard InChI is InChI=1S/C31H18ClN3S.C21H12ClN3S.C10H8BClO2.C4H8O.CH4/c32-26-17-16-25(21-10-4-5-11-22(21)26)31-34-29(19-8-2-1-3-9-19)33-30(35-31)20-14-15-24-23-12-6-7-13-27(23)36-28(24)18-20;22-21-24-19(13-6-2-1-3-7-13)23-20(25-21)14-10-11-16-15-8-4-5-9-17(15)26-18(16)12-14;12-10-6-5-9(11(13)14)7-3-1-2-4-8(7)10;1-2-4-5-3-1;/h1-18H;1-12H;1-6,13-14H;1-4H2;1H4. The second-order valence-electron chi connectivity index (χ2n) is 18.9. The number of thiophene rings is 2. The summed E-state index contributed by atoms with van der Waals surface area (Å²) < 4.78 is 9.92. The van der Waals surface area contributed by atoms with Crippen molar-refractivity contribution in [2.24, 2.45) is 0 Å². The van der Waals surface area contributed by atoms with E-state index in [-0.39, 0.29) is 12.7 Å². The van der Waals surface area contributed by atoms with Crippen LogP contribution in [0.15, 0.2) is 218 Å². The van der Waals surface area contributed by atoms with Gasteiger partial charge in [0.15, 0.2) is 29.1 Å². The van der Waals surface area contributed by atoms with Crippen LogP contribution in [0.1, 0.15) is 20.3 Å². The summed E-state index contributed by atoms with van der Waals surface area (Å²) >= 11 is 22.2. The van der Waals surface area contributed by atoms with Crippen LogP contribution in [0.4, 0.5) is 0 Å². The van der Waals surface area contributed by atoms with Gasteiger partial charge in [-0.3, -0.25) is 0 Å². The lowest BCUT2D eigenvalue weighted by Gasteiger charge is -2.11. The number of halogens is 3. The minimum Gasteiger partial charge on any atom is -0.423 e. The molecule has 0 bridgehead atoms. The van der Waals surface area contributed by atoms with Gasteiger partial charge in [-0.25, -0.2) is 19.9 Å². The number of fused-ring (bicyclic) bond motifs is 8. The second kappa shape index (κ2) is 25.4. The summed E-state index contributed by atoms with van der Waals surface area (Å²) in [6.07, 6.45) is 2.56. The van der Waals surface area contributed by atoms with Crippen molar-refractivity contribution in [1.29, 1.82) is 0 Å². The van der Waals surface area contributed by atoms with Gasteiger partial charge in [-0.15, -0.1) is 22.7 Å². The van der Waals surface area contributed by atoms with Crippen LogP contribution in [-0.4, -0.2) is 60.3 Å². The van der Waals surface area contributed by atoms with Gasteiger partial charge in [0.1, 0.15) is 0 Å². The first kappa shape index (κ1) is 55.9. The summed E-state index contributed by atoms with van der Waals surface area (Å²) in [6, 6.07) is 72.2. The van der Waals surface area contributed by atoms with Crippen molar-refractivity contribution >= 4 is 132 Å². The Morgan fingerprint density at radius 2 is 0.744 bits per heavy atom. The number of benzene rings is 10. The van der Waals surface area contributed by atoms with Crippen molar-refractivity contribution in [2.45, 2.75) is 20.3 Å². The molecule has 0 spiro atoms. The first-order valence-corrected chi connectivity index (χ1v) is 28.9. The predicted molar refractivity (Wildman–Crippen MR) is 346 cm³/mol. The number of hydrogen-bond donors (Lipinski definition) is 2. The summed E-state index contributed by atoms with van der Waals surface area (Å²) in [5.41, 5.74) is 5.17. The average molecular weight is 1170 g/mol. The Hall–Kier alpha value is -8.01. The molecule has 1 fully saturated rings. The minimum absolute atomic E-state index is 0. The zero-order valence-corrected chi connectivity index (χ0v) is 47.0. The highest BCUT2D eigenvalue weighted by Crippen LogP contribution is 2.39. The fourth-order valence-electron chi connectivity index (χ4n) is 9.75. The normalized spacial score (nSPS) is 11.9. The van der Waals surface area contributed by atoms with E-state index in [1.165, 1.54) is 53.2 Å². The molecule has 402 valence electrons. The molecule has 1 aliphatic rings. The van der Waals surface area contributed by atoms with Crippen molar-refractivity contribution in [3.05, 3.63) is 234 Å². The number of rotatable bonds is 6. The first-order valence-electron chi connectivity index (χ1n) is 26.1. The van der Waals surface area contributed by atoms with Crippen LogP contribution in [0, 0.1) is 0 Å². The third kappa shape index (κ3) is 12.1. The monoisotopic (exact) mass is 1170 g/mol. The maximum Gasteiger partial charge on any atom is 0.489 e. The molecule has 0 atom stereocenters. The molecule has 15 rings (SSSR count). The number of nitrogens with zero attached hydrogens (tertiary/aromatic N) is 6. The molecule has 0 radical (unpaired) electrons. The molecule has 9 nitrogen and oxygen atoms in total. The molecular formula is C67H50BCl3N6O3S2. The smallest absolute Gasteiger partial charge is 0.423 e. The molecule has 0 unspecified atom stereocenters. The van der Waals surface area contributed by atoms with Crippen molar-refractivity contribution in [3.63, 3.8) is 0 Å². The Bertz CT molecular complexity index is 4560. The Labute approximate surface area is 497 Å². The van der Waals surface area contributed by atoms with Crippen LogP contribution >= 0.6 is 57.5 Å². The Morgan fingerprint density at radius 1 is 0.354 bits per heavy atom. The third-order valence-corrected chi connectivity index (χ3v) is 16.8. The molecule has 15 heteroatoms. The van der Waals surface area contributed by atoms with Crippen molar-refractivity contribution < 1.29 is 14.8 Å². The largest absolute Gasteiger partial charge is 0.489 e. The molecular weight excluding hydrogens is 1120 g/mol. The Balaban J connectivity index is 0.000000133. The molecule has 10 aromatic carbocycles. The Kier molecular flexibility index (Phi) is 17.3. The zero-order chi connectivity index (χ0) is 55.2. The molecule has 0 saturated carbocycles. The quantitative estimate of drug-likeness (QED) is 0.156. The van der Waals surface area contributed by atoms with E-state index >= 15 is 0 Å². The van der Waals surface area contributed by atoms with Gasteiger partial charge in [0.25, 0.3) is 0 Å². The van der Waals surface area contributed by atoms with Crippen LogP contribution in [0.5, 0.6) is 0 Å². The topological polar surface area (TPSA) is 127 Å². The van der Waals surface area contributed by atoms with E-state index in [9.17, 15) is 0 Å². The SMILES string of the molecule is C.C1CCOC1.Clc1ccc(-c2nc(-c3ccccc3)nc(-c3ccc4c(c3)sc3ccccc34)n2)c2ccccc12.Clc1nc(-c2ccccc2)nc(-c2ccc3c(c2)sc2ccccc23)n1.OB(O)c1ccc(Cl)c2ccccc12. The highest BCUT2D eigenvalue weighted by molar-refractivity contribution is 7.26. The van der Waals surface area contributed by atoms with Crippen molar-refractivity contribution in [3.8, 4) is 56.9 Å². The van der Waals surface area contributed by atoms with Crippen LogP contribution in [-0.2, 0) is 4.74 Å². The minimum atomic E-state index is -1.46. The summed E-state index contributed by atoms with van der Waals surface area (Å²) in [4.78, 5) is 28.1. The second-order valence-corrected chi connectivity index (χ2v) is 22.2. The maximum absolute atomic E-state index is 9.13. The molecule has 1 saturated heterocycles. The van der Waals surface area contributed by atoms with E-state index < -0.39 is 7.12 Å². The van der Waals surface area contributed by atoms with Gasteiger partial charge >= 0.3 is 7.12 Å². The van der Waals surface area contributed by atoms with Gasteiger partial charge in [0.05, 0.1) is 0 Å². The summed E-state index contributed by atoms with van der Waals surface area (Å²) in [5, 5.41) is 28.4. The summed E-state index contributed by atoms with van der Waals surface area (Å²) in [6.45, 7) is 2.00. The molecule has 0 aliphatic carbocycles. The third-order valence-electron chi connectivity index (χ3n) is 13.7. The van der Waals surface area contributed by atoms with Gasteiger partial charge in [0, 0.05) is 96.8 Å². The summed E-state index contributed by atoms with van der Waals surface area (Å²) in [5.74, 6) is 3.09. The number of ether oxygens (including phenoxy) is 1. The van der Waals surface area contributed by atoms with Crippen LogP contribution in [0.2, 0.25) is 15.3 Å². The first-order chi connectivity index (χ1) is 39.7.